The molecule has 2 amide bonds. The molecule has 0 fully saturated rings. The minimum atomic E-state index is -0.898. The van der Waals surface area contributed by atoms with Gasteiger partial charge in [0.15, 0.2) is 0 Å². The second-order valence-electron chi connectivity index (χ2n) is 7.42. The van der Waals surface area contributed by atoms with Crippen molar-refractivity contribution in [1.29, 1.82) is 0 Å². The number of fused-ring (bicyclic) bond motifs is 2. The summed E-state index contributed by atoms with van der Waals surface area (Å²) in [5, 5.41) is 10.4. The maximum absolute atomic E-state index is 13.0. The highest BCUT2D eigenvalue weighted by Crippen LogP contribution is 2.39. The van der Waals surface area contributed by atoms with Gasteiger partial charge in [-0.25, -0.2) is 0 Å². The molecule has 3 heterocycles. The number of hydrogen-bond donors (Lipinski definition) is 1. The zero-order valence-corrected chi connectivity index (χ0v) is 16.8. The van der Waals surface area contributed by atoms with Gasteiger partial charge in [0.1, 0.15) is 24.1 Å². The summed E-state index contributed by atoms with van der Waals surface area (Å²) in [6.45, 7) is 0.594. The lowest BCUT2D eigenvalue weighted by Crippen LogP contribution is -2.49. The summed E-state index contributed by atoms with van der Waals surface area (Å²) >= 11 is 0. The maximum atomic E-state index is 13.0. The number of nitrogens with one attached hydrogen (secondary N) is 1. The highest BCUT2D eigenvalue weighted by Gasteiger charge is 2.33. The van der Waals surface area contributed by atoms with Crippen LogP contribution in [0.15, 0.2) is 46.9 Å². The molecule has 0 bridgehead atoms. The maximum Gasteiger partial charge on any atom is 0.309 e. The summed E-state index contributed by atoms with van der Waals surface area (Å²) in [4.78, 5) is 27.1. The van der Waals surface area contributed by atoms with Crippen molar-refractivity contribution in [3.8, 4) is 11.5 Å². The first-order chi connectivity index (χ1) is 15.1. The number of likely N-dealkylation sites (N-methyl/N-ethyl adjacent to an activating group) is 1. The van der Waals surface area contributed by atoms with Gasteiger partial charge in [0.2, 0.25) is 5.89 Å². The van der Waals surface area contributed by atoms with E-state index in [0.717, 1.165) is 23.3 Å². The monoisotopic (exact) mass is 420 g/mol. The average molecular weight is 420 g/mol. The number of ether oxygens (including phenoxy) is 2. The van der Waals surface area contributed by atoms with E-state index in [0.29, 0.717) is 30.4 Å². The van der Waals surface area contributed by atoms with E-state index in [9.17, 15) is 9.59 Å². The van der Waals surface area contributed by atoms with Gasteiger partial charge in [-0.1, -0.05) is 30.3 Å². The molecular formula is C22H20N4O5. The Balaban J connectivity index is 1.29. The fraction of sp³-hybridized carbons (Fsp3) is 0.273. The second kappa shape index (κ2) is 7.75. The van der Waals surface area contributed by atoms with Crippen LogP contribution in [0.1, 0.15) is 27.7 Å². The summed E-state index contributed by atoms with van der Waals surface area (Å²) < 4.78 is 16.9. The molecule has 1 unspecified atom stereocenters. The van der Waals surface area contributed by atoms with Crippen LogP contribution < -0.4 is 19.7 Å². The van der Waals surface area contributed by atoms with Gasteiger partial charge in [-0.3, -0.25) is 9.59 Å². The lowest BCUT2D eigenvalue weighted by atomic mass is 10.1. The van der Waals surface area contributed by atoms with Gasteiger partial charge in [0, 0.05) is 19.5 Å². The topological polar surface area (TPSA) is 107 Å². The minimum absolute atomic E-state index is 0.0221. The van der Waals surface area contributed by atoms with Gasteiger partial charge in [-0.05, 0) is 17.2 Å². The average Bonchev–Trinajstić information content (AvgIpc) is 3.42. The first-order valence-corrected chi connectivity index (χ1v) is 9.96. The third-order valence-corrected chi connectivity index (χ3v) is 5.33. The van der Waals surface area contributed by atoms with Gasteiger partial charge in [0.05, 0.1) is 18.7 Å². The molecule has 31 heavy (non-hydrogen) atoms. The Labute approximate surface area is 178 Å². The van der Waals surface area contributed by atoms with Crippen LogP contribution in [-0.4, -0.2) is 48.3 Å². The molecule has 3 aromatic rings. The van der Waals surface area contributed by atoms with E-state index in [1.54, 1.807) is 13.1 Å². The van der Waals surface area contributed by atoms with Crippen LogP contribution in [0.4, 0.5) is 5.69 Å². The van der Waals surface area contributed by atoms with E-state index < -0.39 is 11.9 Å². The largest absolute Gasteiger partial charge is 0.493 e. The van der Waals surface area contributed by atoms with Crippen molar-refractivity contribution in [3.63, 3.8) is 0 Å². The van der Waals surface area contributed by atoms with E-state index in [2.05, 4.69) is 15.5 Å². The number of benzene rings is 2. The van der Waals surface area contributed by atoms with Crippen LogP contribution >= 0.6 is 0 Å². The fourth-order valence-electron chi connectivity index (χ4n) is 3.68. The summed E-state index contributed by atoms with van der Waals surface area (Å²) in [6.07, 6.45) is 1.20. The predicted octanol–water partition coefficient (Wildman–Crippen LogP) is 1.75. The van der Waals surface area contributed by atoms with E-state index in [1.807, 2.05) is 36.4 Å². The molecule has 0 radical (unpaired) electrons. The SMILES string of the molecule is CN1C(=O)C(NC(=O)c2nnc(Cc3ccccc3)o2)COc2cc3c(cc21)CCO3. The number of carbonyl (C=O) groups excluding carboxylic acids is 2. The highest BCUT2D eigenvalue weighted by molar-refractivity contribution is 6.02. The minimum Gasteiger partial charge on any atom is -0.493 e. The molecule has 2 aromatic carbocycles. The normalized spacial score (nSPS) is 17.3. The molecule has 0 spiro atoms. The van der Waals surface area contributed by atoms with Crippen LogP contribution in [0.3, 0.4) is 0 Å². The van der Waals surface area contributed by atoms with Crippen LogP contribution in [0, 0.1) is 0 Å². The Kier molecular flexibility index (Phi) is 4.78. The summed E-state index contributed by atoms with van der Waals surface area (Å²) in [5.74, 6) is 0.498. The molecule has 9 nitrogen and oxygen atoms in total. The van der Waals surface area contributed by atoms with Crippen LogP contribution in [0.25, 0.3) is 0 Å². The number of amides is 2. The zero-order valence-electron chi connectivity index (χ0n) is 16.8. The van der Waals surface area contributed by atoms with Crippen molar-refractivity contribution < 1.29 is 23.5 Å². The lowest BCUT2D eigenvalue weighted by molar-refractivity contribution is -0.120. The Morgan fingerprint density at radius 1 is 1.16 bits per heavy atom. The third-order valence-electron chi connectivity index (χ3n) is 5.33. The van der Waals surface area contributed by atoms with Gasteiger partial charge >= 0.3 is 11.8 Å². The Morgan fingerprint density at radius 2 is 2.00 bits per heavy atom. The molecule has 2 aliphatic rings. The van der Waals surface area contributed by atoms with Crippen molar-refractivity contribution in [2.75, 3.05) is 25.2 Å². The molecule has 1 aromatic heterocycles. The standard InChI is InChI=1S/C22H20N4O5/c1-26-16-10-14-7-8-29-17(14)11-18(16)30-12-15(22(26)28)23-20(27)21-25-24-19(31-21)9-13-5-3-2-4-6-13/h2-6,10-11,15H,7-9,12H2,1H3,(H,23,27). The number of nitrogens with zero attached hydrogens (tertiary/aromatic N) is 3. The van der Waals surface area contributed by atoms with Crippen molar-refractivity contribution in [3.05, 3.63) is 65.4 Å². The van der Waals surface area contributed by atoms with Gasteiger partial charge in [0.25, 0.3) is 5.91 Å². The molecule has 0 saturated heterocycles. The number of carbonyl (C=O) groups is 2. The summed E-state index contributed by atoms with van der Waals surface area (Å²) in [6, 6.07) is 12.4. The second-order valence-corrected chi connectivity index (χ2v) is 7.42. The van der Waals surface area contributed by atoms with E-state index in [-0.39, 0.29) is 18.4 Å². The number of rotatable bonds is 4. The fourth-order valence-corrected chi connectivity index (χ4v) is 3.68. The molecule has 5 rings (SSSR count). The Bertz CT molecular complexity index is 1140. The molecule has 9 heteroatoms. The first kappa shape index (κ1) is 19.1. The van der Waals surface area contributed by atoms with Crippen molar-refractivity contribution in [2.45, 2.75) is 18.9 Å². The molecule has 1 atom stereocenters. The lowest BCUT2D eigenvalue weighted by Gasteiger charge is -2.20. The zero-order chi connectivity index (χ0) is 21.4. The Morgan fingerprint density at radius 3 is 2.84 bits per heavy atom. The molecule has 0 aliphatic carbocycles. The van der Waals surface area contributed by atoms with Crippen molar-refractivity contribution in [1.82, 2.24) is 15.5 Å². The molecule has 158 valence electrons. The first-order valence-electron chi connectivity index (χ1n) is 9.96. The van der Waals surface area contributed by atoms with Crippen molar-refractivity contribution in [2.24, 2.45) is 0 Å². The summed E-state index contributed by atoms with van der Waals surface area (Å²) in [5.41, 5.74) is 2.66. The highest BCUT2D eigenvalue weighted by atomic mass is 16.5. The molecular weight excluding hydrogens is 400 g/mol. The molecule has 1 N–H and O–H groups in total. The number of aromatic nitrogens is 2. The van der Waals surface area contributed by atoms with E-state index in [1.165, 1.54) is 4.90 Å². The van der Waals surface area contributed by atoms with E-state index >= 15 is 0 Å². The van der Waals surface area contributed by atoms with Crippen LogP contribution in [-0.2, 0) is 17.6 Å². The molecule has 2 aliphatic heterocycles. The third kappa shape index (κ3) is 3.70. The Hall–Kier alpha value is -3.88. The van der Waals surface area contributed by atoms with Gasteiger partial charge < -0.3 is 24.1 Å². The van der Waals surface area contributed by atoms with E-state index in [4.69, 9.17) is 13.9 Å². The summed E-state index contributed by atoms with van der Waals surface area (Å²) in [7, 11) is 1.65. The van der Waals surface area contributed by atoms with Crippen LogP contribution in [0.5, 0.6) is 11.5 Å². The van der Waals surface area contributed by atoms with Gasteiger partial charge in [-0.2, -0.15) is 0 Å². The van der Waals surface area contributed by atoms with Gasteiger partial charge in [-0.15, -0.1) is 10.2 Å². The predicted molar refractivity (Wildman–Crippen MR) is 109 cm³/mol. The van der Waals surface area contributed by atoms with Crippen LogP contribution in [0.2, 0.25) is 0 Å². The smallest absolute Gasteiger partial charge is 0.309 e. The number of hydrogen-bond acceptors (Lipinski definition) is 7. The quantitative estimate of drug-likeness (QED) is 0.685. The van der Waals surface area contributed by atoms with Crippen molar-refractivity contribution >= 4 is 17.5 Å². The number of anilines is 1. The molecule has 0 saturated carbocycles.